The zero-order chi connectivity index (χ0) is 15.0. The lowest BCUT2D eigenvalue weighted by Crippen LogP contribution is -2.40. The predicted molar refractivity (Wildman–Crippen MR) is 81.6 cm³/mol. The quantitative estimate of drug-likeness (QED) is 0.666. The second-order valence-corrected chi connectivity index (χ2v) is 5.64. The molecule has 3 N–H and O–H groups in total. The molecule has 1 heterocycles. The van der Waals surface area contributed by atoms with Gasteiger partial charge in [-0.2, -0.15) is 0 Å². The zero-order valence-electron chi connectivity index (χ0n) is 13.2. The van der Waals surface area contributed by atoms with Crippen molar-refractivity contribution in [3.8, 4) is 0 Å². The Kier molecular flexibility index (Phi) is 8.11. The molecule has 1 aliphatic rings. The monoisotopic (exact) mass is 285 g/mol. The summed E-state index contributed by atoms with van der Waals surface area (Å²) in [7, 11) is 0. The van der Waals surface area contributed by atoms with E-state index >= 15 is 0 Å². The molecule has 0 spiro atoms. The van der Waals surface area contributed by atoms with Gasteiger partial charge in [-0.1, -0.05) is 13.8 Å². The number of hydrogen-bond acceptors (Lipinski definition) is 4. The average Bonchev–Trinajstić information content (AvgIpc) is 2.92. The maximum atomic E-state index is 12.0. The van der Waals surface area contributed by atoms with Crippen LogP contribution >= 0.6 is 0 Å². The smallest absolute Gasteiger partial charge is 0.249 e. The molecule has 1 aliphatic heterocycles. The predicted octanol–water partition coefficient (Wildman–Crippen LogP) is 1.12. The summed E-state index contributed by atoms with van der Waals surface area (Å²) < 4.78 is 5.61. The summed E-state index contributed by atoms with van der Waals surface area (Å²) in [5, 5.41) is 3.05. The third kappa shape index (κ3) is 5.77. The van der Waals surface area contributed by atoms with Gasteiger partial charge in [0.2, 0.25) is 5.91 Å². The van der Waals surface area contributed by atoms with Crippen molar-refractivity contribution in [1.82, 2.24) is 10.2 Å². The first-order chi connectivity index (χ1) is 9.60. The number of nitrogens with one attached hydrogen (secondary N) is 1. The summed E-state index contributed by atoms with van der Waals surface area (Å²) in [5.41, 5.74) is 5.56. The molecule has 1 fully saturated rings. The number of hydrogen-bond donors (Lipinski definition) is 2. The highest BCUT2D eigenvalue weighted by molar-refractivity contribution is 5.81. The number of amides is 1. The first-order valence-electron chi connectivity index (χ1n) is 7.98. The van der Waals surface area contributed by atoms with Crippen LogP contribution in [0.1, 0.15) is 46.5 Å². The summed E-state index contributed by atoms with van der Waals surface area (Å²) in [4.78, 5) is 14.4. The van der Waals surface area contributed by atoms with Crippen LogP contribution in [-0.4, -0.2) is 55.2 Å². The van der Waals surface area contributed by atoms with Crippen LogP contribution in [-0.2, 0) is 9.53 Å². The van der Waals surface area contributed by atoms with Crippen molar-refractivity contribution in [2.24, 2.45) is 5.73 Å². The summed E-state index contributed by atoms with van der Waals surface area (Å²) in [6, 6.07) is 0.207. The summed E-state index contributed by atoms with van der Waals surface area (Å²) in [6.07, 6.45) is 3.57. The first-order valence-corrected chi connectivity index (χ1v) is 7.98. The summed E-state index contributed by atoms with van der Waals surface area (Å²) in [5.74, 6) is 0.0243. The van der Waals surface area contributed by atoms with Crippen molar-refractivity contribution in [3.05, 3.63) is 0 Å². The molecule has 5 nitrogen and oxygen atoms in total. The van der Waals surface area contributed by atoms with Gasteiger partial charge in [0.15, 0.2) is 0 Å². The lowest BCUT2D eigenvalue weighted by atomic mass is 10.1. The van der Waals surface area contributed by atoms with E-state index in [4.69, 9.17) is 10.5 Å². The van der Waals surface area contributed by atoms with Crippen LogP contribution in [0, 0.1) is 0 Å². The molecule has 0 aromatic rings. The molecule has 20 heavy (non-hydrogen) atoms. The third-order valence-corrected chi connectivity index (χ3v) is 4.06. The SMILES string of the molecule is CCN(CC)CCCC(C)NC(=O)[C@@H]1CC[C@H](CN)O1. The molecular formula is C15H31N3O2. The van der Waals surface area contributed by atoms with Crippen LogP contribution < -0.4 is 11.1 Å². The van der Waals surface area contributed by atoms with E-state index in [0.29, 0.717) is 6.54 Å². The minimum Gasteiger partial charge on any atom is -0.364 e. The van der Waals surface area contributed by atoms with Gasteiger partial charge >= 0.3 is 0 Å². The lowest BCUT2D eigenvalue weighted by molar-refractivity contribution is -0.132. The molecule has 0 radical (unpaired) electrons. The van der Waals surface area contributed by atoms with E-state index in [1.807, 2.05) is 0 Å². The highest BCUT2D eigenvalue weighted by Crippen LogP contribution is 2.19. The van der Waals surface area contributed by atoms with Gasteiger partial charge in [-0.25, -0.2) is 0 Å². The van der Waals surface area contributed by atoms with Crippen molar-refractivity contribution in [2.75, 3.05) is 26.2 Å². The topological polar surface area (TPSA) is 67.6 Å². The fraction of sp³-hybridized carbons (Fsp3) is 0.933. The average molecular weight is 285 g/mol. The molecule has 0 saturated carbocycles. The van der Waals surface area contributed by atoms with E-state index in [0.717, 1.165) is 45.3 Å². The van der Waals surface area contributed by atoms with Crippen molar-refractivity contribution in [2.45, 2.75) is 64.7 Å². The number of rotatable bonds is 9. The number of nitrogens with zero attached hydrogens (tertiary/aromatic N) is 1. The van der Waals surface area contributed by atoms with Gasteiger partial charge in [-0.3, -0.25) is 4.79 Å². The van der Waals surface area contributed by atoms with E-state index < -0.39 is 0 Å². The molecular weight excluding hydrogens is 254 g/mol. The normalized spacial score (nSPS) is 24.1. The van der Waals surface area contributed by atoms with Gasteiger partial charge in [-0.15, -0.1) is 0 Å². The van der Waals surface area contributed by atoms with E-state index in [1.54, 1.807) is 0 Å². The van der Waals surface area contributed by atoms with Gasteiger partial charge in [0.25, 0.3) is 0 Å². The fourth-order valence-corrected chi connectivity index (χ4v) is 2.64. The molecule has 0 aromatic carbocycles. The van der Waals surface area contributed by atoms with Crippen LogP contribution in [0.15, 0.2) is 0 Å². The Morgan fingerprint density at radius 2 is 2.10 bits per heavy atom. The Morgan fingerprint density at radius 1 is 1.40 bits per heavy atom. The van der Waals surface area contributed by atoms with Gasteiger partial charge < -0.3 is 20.7 Å². The summed E-state index contributed by atoms with van der Waals surface area (Å²) in [6.45, 7) is 10.2. The van der Waals surface area contributed by atoms with Crippen molar-refractivity contribution in [1.29, 1.82) is 0 Å². The van der Waals surface area contributed by atoms with Crippen LogP contribution in [0.25, 0.3) is 0 Å². The maximum absolute atomic E-state index is 12.0. The second kappa shape index (κ2) is 9.32. The van der Waals surface area contributed by atoms with E-state index in [1.165, 1.54) is 0 Å². The molecule has 0 bridgehead atoms. The summed E-state index contributed by atoms with van der Waals surface area (Å²) >= 11 is 0. The first kappa shape index (κ1) is 17.4. The molecule has 3 atom stereocenters. The maximum Gasteiger partial charge on any atom is 0.249 e. The molecule has 1 saturated heterocycles. The standard InChI is InChI=1S/C15H31N3O2/c1-4-18(5-2)10-6-7-12(3)17-15(19)14-9-8-13(11-16)20-14/h12-14H,4-11,16H2,1-3H3,(H,17,19)/t12?,13-,14+/m1/s1. The van der Waals surface area contributed by atoms with Crippen molar-refractivity contribution in [3.63, 3.8) is 0 Å². The molecule has 1 amide bonds. The fourth-order valence-electron chi connectivity index (χ4n) is 2.64. The van der Waals surface area contributed by atoms with Gasteiger partial charge in [-0.05, 0) is 52.2 Å². The molecule has 0 aliphatic carbocycles. The van der Waals surface area contributed by atoms with Crippen molar-refractivity contribution < 1.29 is 9.53 Å². The Balaban J connectivity index is 2.18. The molecule has 118 valence electrons. The molecule has 1 rings (SSSR count). The van der Waals surface area contributed by atoms with Crippen LogP contribution in [0.3, 0.4) is 0 Å². The molecule has 0 aromatic heterocycles. The van der Waals surface area contributed by atoms with Crippen LogP contribution in [0.5, 0.6) is 0 Å². The van der Waals surface area contributed by atoms with E-state index in [9.17, 15) is 4.79 Å². The Bertz CT molecular complexity index is 282. The van der Waals surface area contributed by atoms with Crippen LogP contribution in [0.4, 0.5) is 0 Å². The van der Waals surface area contributed by atoms with Gasteiger partial charge in [0.05, 0.1) is 6.10 Å². The second-order valence-electron chi connectivity index (χ2n) is 5.64. The van der Waals surface area contributed by atoms with Gasteiger partial charge in [0.1, 0.15) is 6.10 Å². The minimum atomic E-state index is -0.297. The third-order valence-electron chi connectivity index (χ3n) is 4.06. The number of carbonyl (C=O) groups is 1. The Labute approximate surface area is 123 Å². The van der Waals surface area contributed by atoms with E-state index in [2.05, 4.69) is 31.0 Å². The number of nitrogens with two attached hydrogens (primary N) is 1. The van der Waals surface area contributed by atoms with E-state index in [-0.39, 0.29) is 24.2 Å². The Morgan fingerprint density at radius 3 is 2.65 bits per heavy atom. The largest absolute Gasteiger partial charge is 0.364 e. The molecule has 5 heteroatoms. The highest BCUT2D eigenvalue weighted by atomic mass is 16.5. The zero-order valence-corrected chi connectivity index (χ0v) is 13.2. The van der Waals surface area contributed by atoms with Gasteiger partial charge in [0, 0.05) is 12.6 Å². The lowest BCUT2D eigenvalue weighted by Gasteiger charge is -2.21. The Hall–Kier alpha value is -0.650. The van der Waals surface area contributed by atoms with Crippen molar-refractivity contribution >= 4 is 5.91 Å². The highest BCUT2D eigenvalue weighted by Gasteiger charge is 2.30. The van der Waals surface area contributed by atoms with Crippen LogP contribution in [0.2, 0.25) is 0 Å². The number of ether oxygens (including phenoxy) is 1. The number of carbonyl (C=O) groups excluding carboxylic acids is 1. The molecule has 1 unspecified atom stereocenters. The minimum absolute atomic E-state index is 0.0243.